The van der Waals surface area contributed by atoms with Crippen LogP contribution in [-0.2, 0) is 6.54 Å². The van der Waals surface area contributed by atoms with Crippen molar-refractivity contribution in [3.05, 3.63) is 89.5 Å². The van der Waals surface area contributed by atoms with Crippen molar-refractivity contribution in [1.82, 2.24) is 5.32 Å². The van der Waals surface area contributed by atoms with Crippen LogP contribution in [0.3, 0.4) is 0 Å². The zero-order valence-corrected chi connectivity index (χ0v) is 17.7. The molecule has 0 saturated carbocycles. The van der Waals surface area contributed by atoms with E-state index in [1.54, 1.807) is 29.2 Å². The van der Waals surface area contributed by atoms with Gasteiger partial charge in [-0.25, -0.2) is 0 Å². The summed E-state index contributed by atoms with van der Waals surface area (Å²) in [6, 6.07) is 21.8. The van der Waals surface area contributed by atoms with Crippen LogP contribution in [0.15, 0.2) is 72.8 Å². The minimum absolute atomic E-state index is 0.00514. The molecule has 1 heterocycles. The lowest BCUT2D eigenvalue weighted by atomic mass is 10.1. The van der Waals surface area contributed by atoms with Gasteiger partial charge in [-0.1, -0.05) is 18.2 Å². The van der Waals surface area contributed by atoms with Crippen LogP contribution in [-0.4, -0.2) is 23.5 Å². The van der Waals surface area contributed by atoms with Crippen LogP contribution in [0.5, 0.6) is 5.75 Å². The van der Waals surface area contributed by atoms with E-state index in [0.717, 1.165) is 16.8 Å². The first-order valence-corrected chi connectivity index (χ1v) is 10.3. The maximum absolute atomic E-state index is 12.6. The summed E-state index contributed by atoms with van der Waals surface area (Å²) in [6.45, 7) is 3.02. The van der Waals surface area contributed by atoms with E-state index in [9.17, 15) is 9.59 Å². The average molecular weight is 432 g/mol. The van der Waals surface area contributed by atoms with Gasteiger partial charge in [-0.05, 0) is 79.3 Å². The average Bonchev–Trinajstić information content (AvgIpc) is 3.11. The first-order valence-electron chi connectivity index (χ1n) is 9.90. The highest BCUT2D eigenvalue weighted by Crippen LogP contribution is 2.28. The minimum atomic E-state index is -0.308. The molecule has 1 aliphatic rings. The van der Waals surface area contributed by atoms with Crippen LogP contribution in [0.2, 0.25) is 0 Å². The predicted molar refractivity (Wildman–Crippen MR) is 125 cm³/mol. The molecule has 0 unspecified atom stereocenters. The standard InChI is InChI=1S/C24H21N3O3S/c1-2-30-20-13-7-16(8-14-20)22(28)26-24(31)25-18-9-11-19(12-10-18)27-15-17-5-3-4-6-21(17)23(27)29/h3-14H,2,15H2,1H3,(H2,25,26,28,31). The second-order valence-corrected chi connectivity index (χ2v) is 7.37. The zero-order chi connectivity index (χ0) is 21.8. The van der Waals surface area contributed by atoms with E-state index in [-0.39, 0.29) is 16.9 Å². The van der Waals surface area contributed by atoms with E-state index in [1.165, 1.54) is 0 Å². The number of ether oxygens (including phenoxy) is 1. The summed E-state index contributed by atoms with van der Waals surface area (Å²) < 4.78 is 5.38. The van der Waals surface area contributed by atoms with Gasteiger partial charge < -0.3 is 15.0 Å². The van der Waals surface area contributed by atoms with Crippen molar-refractivity contribution in [2.45, 2.75) is 13.5 Å². The Kier molecular flexibility index (Phi) is 5.95. The number of hydrogen-bond donors (Lipinski definition) is 2. The molecular weight excluding hydrogens is 410 g/mol. The zero-order valence-electron chi connectivity index (χ0n) is 16.9. The van der Waals surface area contributed by atoms with Crippen molar-refractivity contribution in [3.8, 4) is 5.75 Å². The molecule has 2 amide bonds. The maximum atomic E-state index is 12.6. The Morgan fingerprint density at radius 2 is 1.74 bits per heavy atom. The Morgan fingerprint density at radius 1 is 1.03 bits per heavy atom. The summed E-state index contributed by atoms with van der Waals surface area (Å²) in [5.41, 5.74) is 3.76. The smallest absolute Gasteiger partial charge is 0.258 e. The lowest BCUT2D eigenvalue weighted by Crippen LogP contribution is -2.34. The molecule has 2 N–H and O–H groups in total. The van der Waals surface area contributed by atoms with Crippen molar-refractivity contribution in [1.29, 1.82) is 0 Å². The molecule has 7 heteroatoms. The Bertz CT molecular complexity index is 1130. The number of anilines is 2. The second-order valence-electron chi connectivity index (χ2n) is 6.96. The van der Waals surface area contributed by atoms with Gasteiger partial charge in [-0.3, -0.25) is 14.9 Å². The molecule has 4 rings (SSSR count). The summed E-state index contributed by atoms with van der Waals surface area (Å²) in [7, 11) is 0. The predicted octanol–water partition coefficient (Wildman–Crippen LogP) is 4.37. The number of benzene rings is 3. The summed E-state index contributed by atoms with van der Waals surface area (Å²) >= 11 is 5.25. The third-order valence-electron chi connectivity index (χ3n) is 4.91. The SMILES string of the molecule is CCOc1ccc(C(=O)NC(=S)Nc2ccc(N3Cc4ccccc4C3=O)cc2)cc1. The Balaban J connectivity index is 1.35. The molecular formula is C24H21N3O3S. The van der Waals surface area contributed by atoms with E-state index < -0.39 is 0 Å². The summed E-state index contributed by atoms with van der Waals surface area (Å²) in [5, 5.41) is 5.84. The fourth-order valence-corrected chi connectivity index (χ4v) is 3.60. The Morgan fingerprint density at radius 3 is 2.42 bits per heavy atom. The summed E-state index contributed by atoms with van der Waals surface area (Å²) in [5.74, 6) is 0.395. The van der Waals surface area contributed by atoms with E-state index in [2.05, 4.69) is 10.6 Å². The molecule has 0 fully saturated rings. The number of nitrogens with one attached hydrogen (secondary N) is 2. The molecule has 3 aromatic carbocycles. The fourth-order valence-electron chi connectivity index (χ4n) is 3.39. The molecule has 6 nitrogen and oxygen atoms in total. The number of carbonyl (C=O) groups is 2. The molecule has 156 valence electrons. The van der Waals surface area contributed by atoms with Gasteiger partial charge in [0, 0.05) is 22.5 Å². The number of nitrogens with zero attached hydrogens (tertiary/aromatic N) is 1. The molecule has 0 aliphatic carbocycles. The fraction of sp³-hybridized carbons (Fsp3) is 0.125. The normalized spacial score (nSPS) is 12.3. The molecule has 0 spiro atoms. The molecule has 0 radical (unpaired) electrons. The topological polar surface area (TPSA) is 70.7 Å². The lowest BCUT2D eigenvalue weighted by Gasteiger charge is -2.16. The van der Waals surface area contributed by atoms with E-state index in [1.807, 2.05) is 55.5 Å². The molecule has 0 atom stereocenters. The second kappa shape index (κ2) is 8.97. The highest BCUT2D eigenvalue weighted by atomic mass is 32.1. The van der Waals surface area contributed by atoms with Gasteiger partial charge in [0.05, 0.1) is 13.2 Å². The summed E-state index contributed by atoms with van der Waals surface area (Å²) in [4.78, 5) is 26.7. The van der Waals surface area contributed by atoms with Crippen molar-refractivity contribution in [2.24, 2.45) is 0 Å². The summed E-state index contributed by atoms with van der Waals surface area (Å²) in [6.07, 6.45) is 0. The quantitative estimate of drug-likeness (QED) is 0.587. The van der Waals surface area contributed by atoms with Gasteiger partial charge in [0.1, 0.15) is 5.75 Å². The van der Waals surface area contributed by atoms with Gasteiger partial charge in [-0.2, -0.15) is 0 Å². The van der Waals surface area contributed by atoms with E-state index >= 15 is 0 Å². The number of carbonyl (C=O) groups excluding carboxylic acids is 2. The number of rotatable bonds is 5. The van der Waals surface area contributed by atoms with Crippen LogP contribution >= 0.6 is 12.2 Å². The third kappa shape index (κ3) is 4.57. The largest absolute Gasteiger partial charge is 0.494 e. The van der Waals surface area contributed by atoms with Gasteiger partial charge in [0.2, 0.25) is 0 Å². The van der Waals surface area contributed by atoms with Gasteiger partial charge in [0.25, 0.3) is 11.8 Å². The molecule has 31 heavy (non-hydrogen) atoms. The van der Waals surface area contributed by atoms with Crippen LogP contribution in [0.4, 0.5) is 11.4 Å². The maximum Gasteiger partial charge on any atom is 0.258 e. The molecule has 0 bridgehead atoms. The van der Waals surface area contributed by atoms with Crippen LogP contribution < -0.4 is 20.3 Å². The number of amides is 2. The number of hydrogen-bond acceptors (Lipinski definition) is 4. The highest BCUT2D eigenvalue weighted by molar-refractivity contribution is 7.80. The number of thiocarbonyl (C=S) groups is 1. The molecule has 0 saturated heterocycles. The van der Waals surface area contributed by atoms with E-state index in [0.29, 0.717) is 30.2 Å². The molecule has 0 aromatic heterocycles. The lowest BCUT2D eigenvalue weighted by molar-refractivity contribution is 0.0974. The minimum Gasteiger partial charge on any atom is -0.494 e. The van der Waals surface area contributed by atoms with Crippen molar-refractivity contribution in [2.75, 3.05) is 16.8 Å². The van der Waals surface area contributed by atoms with E-state index in [4.69, 9.17) is 17.0 Å². The Hall–Kier alpha value is -3.71. The highest BCUT2D eigenvalue weighted by Gasteiger charge is 2.27. The van der Waals surface area contributed by atoms with Gasteiger partial charge >= 0.3 is 0 Å². The third-order valence-corrected chi connectivity index (χ3v) is 5.12. The van der Waals surface area contributed by atoms with Crippen molar-refractivity contribution >= 4 is 40.5 Å². The van der Waals surface area contributed by atoms with Crippen LogP contribution in [0.25, 0.3) is 0 Å². The van der Waals surface area contributed by atoms with Crippen molar-refractivity contribution in [3.63, 3.8) is 0 Å². The number of fused-ring (bicyclic) bond motifs is 1. The monoisotopic (exact) mass is 431 g/mol. The van der Waals surface area contributed by atoms with Crippen molar-refractivity contribution < 1.29 is 14.3 Å². The van der Waals surface area contributed by atoms with Crippen LogP contribution in [0, 0.1) is 0 Å². The van der Waals surface area contributed by atoms with Crippen LogP contribution in [0.1, 0.15) is 33.2 Å². The Labute approximate surface area is 185 Å². The molecule has 3 aromatic rings. The first-order chi connectivity index (χ1) is 15.0. The van der Waals surface area contributed by atoms with Gasteiger partial charge in [0.15, 0.2) is 5.11 Å². The van der Waals surface area contributed by atoms with Gasteiger partial charge in [-0.15, -0.1) is 0 Å². The molecule has 1 aliphatic heterocycles. The first kappa shape index (κ1) is 20.6.